The summed E-state index contributed by atoms with van der Waals surface area (Å²) in [4.78, 5) is 29.3. The third kappa shape index (κ3) is 3.61. The molecule has 1 aromatic heterocycles. The third-order valence-corrected chi connectivity index (χ3v) is 6.83. The number of benzene rings is 2. The van der Waals surface area contributed by atoms with Gasteiger partial charge in [-0.05, 0) is 55.3 Å². The highest BCUT2D eigenvalue weighted by Gasteiger charge is 2.54. The fourth-order valence-electron chi connectivity index (χ4n) is 3.65. The van der Waals surface area contributed by atoms with E-state index < -0.39 is 27.3 Å². The molecule has 1 N–H and O–H groups in total. The first-order chi connectivity index (χ1) is 14.8. The number of nitrogens with one attached hydrogen (secondary N) is 1. The van der Waals surface area contributed by atoms with Crippen LogP contribution in [0.15, 0.2) is 59.6 Å². The van der Waals surface area contributed by atoms with Crippen LogP contribution in [0.2, 0.25) is 0 Å². The summed E-state index contributed by atoms with van der Waals surface area (Å²) >= 11 is 0. The number of ether oxygens (including phenoxy) is 2. The molecule has 1 saturated carbocycles. The second-order valence-corrected chi connectivity index (χ2v) is 8.90. The molecule has 1 aliphatic carbocycles. The minimum Gasteiger partial charge on any atom is -0.496 e. The van der Waals surface area contributed by atoms with E-state index >= 15 is 0 Å². The first-order valence-corrected chi connectivity index (χ1v) is 11.0. The van der Waals surface area contributed by atoms with Crippen LogP contribution in [0.3, 0.4) is 0 Å². The van der Waals surface area contributed by atoms with Gasteiger partial charge in [0.25, 0.3) is 10.0 Å². The topological polar surface area (TPSA) is 112 Å². The van der Waals surface area contributed by atoms with Crippen molar-refractivity contribution in [3.8, 4) is 5.75 Å². The number of amides is 1. The van der Waals surface area contributed by atoms with Gasteiger partial charge in [-0.3, -0.25) is 9.78 Å². The summed E-state index contributed by atoms with van der Waals surface area (Å²) < 4.78 is 38.5. The van der Waals surface area contributed by atoms with Gasteiger partial charge in [-0.25, -0.2) is 17.9 Å². The van der Waals surface area contributed by atoms with Crippen molar-refractivity contribution >= 4 is 32.8 Å². The van der Waals surface area contributed by atoms with Crippen LogP contribution in [0.1, 0.15) is 28.8 Å². The fraction of sp³-hybridized carbons (Fsp3) is 0.227. The van der Waals surface area contributed by atoms with Gasteiger partial charge in [0.15, 0.2) is 0 Å². The summed E-state index contributed by atoms with van der Waals surface area (Å²) in [6.07, 6.45) is 2.41. The molecule has 0 bridgehead atoms. The van der Waals surface area contributed by atoms with Crippen LogP contribution in [-0.2, 0) is 25.0 Å². The first kappa shape index (κ1) is 20.8. The number of sulfonamides is 1. The van der Waals surface area contributed by atoms with Crippen molar-refractivity contribution < 1.29 is 27.5 Å². The maximum Gasteiger partial charge on any atom is 0.337 e. The van der Waals surface area contributed by atoms with Crippen molar-refractivity contribution in [1.82, 2.24) is 9.71 Å². The summed E-state index contributed by atoms with van der Waals surface area (Å²) in [5.74, 6) is -0.836. The molecule has 4 rings (SSSR count). The van der Waals surface area contributed by atoms with Crippen LogP contribution >= 0.6 is 0 Å². The second-order valence-electron chi connectivity index (χ2n) is 7.25. The molecule has 0 unspecified atom stereocenters. The zero-order chi connectivity index (χ0) is 22.2. The quantitative estimate of drug-likeness (QED) is 0.586. The van der Waals surface area contributed by atoms with E-state index in [1.54, 1.807) is 36.5 Å². The van der Waals surface area contributed by atoms with E-state index in [2.05, 4.69) is 9.71 Å². The van der Waals surface area contributed by atoms with Gasteiger partial charge in [-0.15, -0.1) is 0 Å². The molecule has 0 spiro atoms. The van der Waals surface area contributed by atoms with Crippen LogP contribution in [0, 0.1) is 0 Å². The van der Waals surface area contributed by atoms with Gasteiger partial charge < -0.3 is 9.47 Å². The Labute approximate surface area is 179 Å². The summed E-state index contributed by atoms with van der Waals surface area (Å²) in [6, 6.07) is 12.6. The van der Waals surface area contributed by atoms with Gasteiger partial charge in [-0.1, -0.05) is 6.07 Å². The Morgan fingerprint density at radius 1 is 1.06 bits per heavy atom. The molecule has 8 nitrogen and oxygen atoms in total. The predicted molar refractivity (Wildman–Crippen MR) is 112 cm³/mol. The number of methoxy groups -OCH3 is 2. The second kappa shape index (κ2) is 7.66. The van der Waals surface area contributed by atoms with Crippen molar-refractivity contribution in [3.63, 3.8) is 0 Å². The van der Waals surface area contributed by atoms with Gasteiger partial charge in [0.2, 0.25) is 5.91 Å². The lowest BCUT2D eigenvalue weighted by Crippen LogP contribution is -2.39. The largest absolute Gasteiger partial charge is 0.496 e. The molecule has 160 valence electrons. The third-order valence-electron chi connectivity index (χ3n) is 5.44. The van der Waals surface area contributed by atoms with Gasteiger partial charge in [0, 0.05) is 17.1 Å². The highest BCUT2D eigenvalue weighted by molar-refractivity contribution is 7.90. The predicted octanol–water partition coefficient (Wildman–Crippen LogP) is 2.57. The Hall–Kier alpha value is -3.46. The molecule has 2 aromatic carbocycles. The molecule has 1 heterocycles. The number of fused-ring (bicyclic) bond motifs is 1. The molecular formula is C22H20N2O6S. The molecule has 0 aliphatic heterocycles. The van der Waals surface area contributed by atoms with Gasteiger partial charge in [-0.2, -0.15) is 0 Å². The monoisotopic (exact) mass is 440 g/mol. The molecule has 0 radical (unpaired) electrons. The molecular weight excluding hydrogens is 420 g/mol. The van der Waals surface area contributed by atoms with E-state index in [1.807, 2.05) is 0 Å². The molecule has 3 aromatic rings. The molecule has 1 aliphatic rings. The van der Waals surface area contributed by atoms with E-state index in [0.29, 0.717) is 35.1 Å². The normalized spacial score (nSPS) is 14.6. The van der Waals surface area contributed by atoms with E-state index in [4.69, 9.17) is 9.47 Å². The minimum atomic E-state index is -4.16. The Morgan fingerprint density at radius 3 is 2.52 bits per heavy atom. The zero-order valence-electron chi connectivity index (χ0n) is 16.9. The van der Waals surface area contributed by atoms with Crippen molar-refractivity contribution in [2.45, 2.75) is 23.2 Å². The van der Waals surface area contributed by atoms with Crippen LogP contribution in [0.4, 0.5) is 0 Å². The van der Waals surface area contributed by atoms with E-state index in [-0.39, 0.29) is 10.5 Å². The summed E-state index contributed by atoms with van der Waals surface area (Å²) in [7, 11) is -1.45. The van der Waals surface area contributed by atoms with Crippen molar-refractivity contribution in [3.05, 3.63) is 65.9 Å². The van der Waals surface area contributed by atoms with Gasteiger partial charge in [0.05, 0.1) is 35.6 Å². The number of aromatic nitrogens is 1. The zero-order valence-corrected chi connectivity index (χ0v) is 17.7. The number of rotatable bonds is 6. The Morgan fingerprint density at radius 2 is 1.84 bits per heavy atom. The van der Waals surface area contributed by atoms with E-state index in [1.165, 1.54) is 32.4 Å². The number of hydrogen-bond donors (Lipinski definition) is 1. The lowest BCUT2D eigenvalue weighted by atomic mass is 9.92. The van der Waals surface area contributed by atoms with E-state index in [9.17, 15) is 18.0 Å². The number of hydrogen-bond acceptors (Lipinski definition) is 7. The number of nitrogens with zero attached hydrogens (tertiary/aromatic N) is 1. The summed E-state index contributed by atoms with van der Waals surface area (Å²) in [6.45, 7) is 0. The molecule has 1 fully saturated rings. The van der Waals surface area contributed by atoms with Crippen LogP contribution in [0.5, 0.6) is 5.75 Å². The highest BCUT2D eigenvalue weighted by atomic mass is 32.2. The Kier molecular flexibility index (Phi) is 5.14. The van der Waals surface area contributed by atoms with Crippen molar-refractivity contribution in [1.29, 1.82) is 0 Å². The first-order valence-electron chi connectivity index (χ1n) is 9.50. The average molecular weight is 440 g/mol. The van der Waals surface area contributed by atoms with Crippen molar-refractivity contribution in [2.24, 2.45) is 0 Å². The molecule has 31 heavy (non-hydrogen) atoms. The number of carbonyl (C=O) groups excluding carboxylic acids is 2. The van der Waals surface area contributed by atoms with Crippen molar-refractivity contribution in [2.75, 3.05) is 14.2 Å². The molecule has 0 saturated heterocycles. The molecule has 1 amide bonds. The lowest BCUT2D eigenvalue weighted by Gasteiger charge is -2.19. The summed E-state index contributed by atoms with van der Waals surface area (Å²) in [5.41, 5.74) is 0.0996. The van der Waals surface area contributed by atoms with Gasteiger partial charge >= 0.3 is 5.97 Å². The van der Waals surface area contributed by atoms with Crippen LogP contribution in [-0.4, -0.2) is 39.5 Å². The SMILES string of the molecule is COC(=O)c1ccc(OC)c(C2(C(=O)NS(=O)(=O)c3cccc4ncccc34)CC2)c1. The fourth-order valence-corrected chi connectivity index (χ4v) is 4.92. The maximum atomic E-state index is 13.2. The number of carbonyl (C=O) groups is 2. The maximum absolute atomic E-state index is 13.2. The number of pyridine rings is 1. The smallest absolute Gasteiger partial charge is 0.337 e. The van der Waals surface area contributed by atoms with Gasteiger partial charge in [0.1, 0.15) is 5.75 Å². The van der Waals surface area contributed by atoms with E-state index in [0.717, 1.165) is 0 Å². The molecule has 0 atom stereocenters. The Bertz CT molecular complexity index is 1290. The summed E-state index contributed by atoms with van der Waals surface area (Å²) in [5, 5.41) is 0.417. The minimum absolute atomic E-state index is 0.0301. The highest BCUT2D eigenvalue weighted by Crippen LogP contribution is 2.52. The van der Waals surface area contributed by atoms with Crippen LogP contribution in [0.25, 0.3) is 10.9 Å². The molecule has 9 heteroatoms. The average Bonchev–Trinajstić information content (AvgIpc) is 3.59. The standard InChI is InChI=1S/C22H20N2O6S/c1-29-18-9-8-14(20(25)30-2)13-16(18)22(10-11-22)21(26)24-31(27,28)19-7-3-6-17-15(19)5-4-12-23-17/h3-9,12-13H,10-11H2,1-2H3,(H,24,26). The Balaban J connectivity index is 1.71. The lowest BCUT2D eigenvalue weighted by molar-refractivity contribution is -0.121. The van der Waals surface area contributed by atoms with Crippen LogP contribution < -0.4 is 9.46 Å². The number of esters is 1.